The second kappa shape index (κ2) is 6.20. The quantitative estimate of drug-likeness (QED) is 0.859. The molecule has 0 atom stereocenters. The third-order valence-corrected chi connectivity index (χ3v) is 4.92. The molecule has 102 valence electrons. The Balaban J connectivity index is 3.24. The second-order valence-corrected chi connectivity index (χ2v) is 6.34. The zero-order valence-electron chi connectivity index (χ0n) is 11.2. The number of hydrogen-bond acceptors (Lipinski definition) is 3. The maximum Gasteiger partial charge on any atom is 0.235 e. The molecular weight excluding hydrogens is 250 g/mol. The average Bonchev–Trinajstić information content (AvgIpc) is 2.30. The first-order valence-corrected chi connectivity index (χ1v) is 7.72. The van der Waals surface area contributed by atoms with Gasteiger partial charge < -0.3 is 5.11 Å². The van der Waals surface area contributed by atoms with Crippen LogP contribution in [-0.4, -0.2) is 32.4 Å². The van der Waals surface area contributed by atoms with Crippen molar-refractivity contribution in [2.45, 2.75) is 27.2 Å². The van der Waals surface area contributed by atoms with Crippen LogP contribution in [0.25, 0.3) is 0 Å². The lowest BCUT2D eigenvalue weighted by atomic mass is 10.1. The maximum absolute atomic E-state index is 12.2. The number of rotatable bonds is 6. The monoisotopic (exact) mass is 271 g/mol. The third kappa shape index (κ3) is 3.23. The van der Waals surface area contributed by atoms with Crippen molar-refractivity contribution in [1.29, 1.82) is 0 Å². The molecule has 0 radical (unpaired) electrons. The van der Waals surface area contributed by atoms with Crippen molar-refractivity contribution in [3.8, 4) is 0 Å². The van der Waals surface area contributed by atoms with E-state index in [-0.39, 0.29) is 18.9 Å². The van der Waals surface area contributed by atoms with Crippen molar-refractivity contribution in [3.05, 3.63) is 29.3 Å². The first-order chi connectivity index (χ1) is 8.44. The molecule has 1 rings (SSSR count). The second-order valence-electron chi connectivity index (χ2n) is 4.33. The highest BCUT2D eigenvalue weighted by Crippen LogP contribution is 2.25. The Morgan fingerprint density at radius 2 is 1.94 bits per heavy atom. The number of benzene rings is 1. The van der Waals surface area contributed by atoms with Crippen LogP contribution in [0.4, 0.5) is 5.69 Å². The summed E-state index contributed by atoms with van der Waals surface area (Å²) in [7, 11) is -3.35. The predicted molar refractivity (Wildman–Crippen MR) is 74.4 cm³/mol. The molecule has 1 aromatic carbocycles. The summed E-state index contributed by atoms with van der Waals surface area (Å²) in [6, 6.07) is 5.57. The smallest absolute Gasteiger partial charge is 0.235 e. The first-order valence-electron chi connectivity index (χ1n) is 6.11. The molecule has 0 amide bonds. The molecule has 4 nitrogen and oxygen atoms in total. The van der Waals surface area contributed by atoms with Crippen LogP contribution in [0.5, 0.6) is 0 Å². The Bertz CT molecular complexity index is 497. The summed E-state index contributed by atoms with van der Waals surface area (Å²) in [4.78, 5) is 0. The summed E-state index contributed by atoms with van der Waals surface area (Å²) in [5.41, 5.74) is 2.64. The number of aryl methyl sites for hydroxylation is 1. The molecule has 0 saturated carbocycles. The zero-order chi connectivity index (χ0) is 13.8. The van der Waals surface area contributed by atoms with Crippen molar-refractivity contribution in [3.63, 3.8) is 0 Å². The summed E-state index contributed by atoms with van der Waals surface area (Å²) in [5, 5.41) is 9.08. The first kappa shape index (κ1) is 15.0. The van der Waals surface area contributed by atoms with Crippen LogP contribution in [0.3, 0.4) is 0 Å². The van der Waals surface area contributed by atoms with E-state index < -0.39 is 10.0 Å². The summed E-state index contributed by atoms with van der Waals surface area (Å²) in [6.07, 6.45) is 0.565. The highest BCUT2D eigenvalue weighted by Gasteiger charge is 2.22. The molecule has 1 N–H and O–H groups in total. The third-order valence-electron chi connectivity index (χ3n) is 2.95. The van der Waals surface area contributed by atoms with E-state index in [4.69, 9.17) is 5.11 Å². The number of aliphatic hydroxyl groups is 1. The SMILES string of the molecule is CCCS(=O)(=O)N(CCO)c1cccc(C)c1C. The number of sulfonamides is 1. The Morgan fingerprint density at radius 3 is 2.50 bits per heavy atom. The fraction of sp³-hybridized carbons (Fsp3) is 0.538. The fourth-order valence-corrected chi connectivity index (χ4v) is 3.47. The largest absolute Gasteiger partial charge is 0.394 e. The molecular formula is C13H21NO3S. The molecule has 18 heavy (non-hydrogen) atoms. The van der Waals surface area contributed by atoms with E-state index >= 15 is 0 Å². The molecule has 0 unspecified atom stereocenters. The van der Waals surface area contributed by atoms with Crippen molar-refractivity contribution in [2.75, 3.05) is 23.2 Å². The standard InChI is InChI=1S/C13H21NO3S/c1-4-10-18(16,17)14(8-9-15)13-7-5-6-11(2)12(13)3/h5-7,15H,4,8-10H2,1-3H3. The van der Waals surface area contributed by atoms with E-state index in [9.17, 15) is 8.42 Å². The van der Waals surface area contributed by atoms with Gasteiger partial charge in [0.2, 0.25) is 10.0 Å². The van der Waals surface area contributed by atoms with Crippen LogP contribution >= 0.6 is 0 Å². The lowest BCUT2D eigenvalue weighted by Crippen LogP contribution is -2.35. The molecule has 0 aromatic heterocycles. The van der Waals surface area contributed by atoms with Crippen LogP contribution in [0, 0.1) is 13.8 Å². The molecule has 0 aliphatic heterocycles. The molecule has 0 bridgehead atoms. The molecule has 0 fully saturated rings. The van der Waals surface area contributed by atoms with Gasteiger partial charge in [-0.1, -0.05) is 19.1 Å². The Labute approximate surface area is 109 Å². The summed E-state index contributed by atoms with van der Waals surface area (Å²) < 4.78 is 25.7. The van der Waals surface area contributed by atoms with Gasteiger partial charge in [0.15, 0.2) is 0 Å². The van der Waals surface area contributed by atoms with E-state index in [0.717, 1.165) is 11.1 Å². The topological polar surface area (TPSA) is 57.6 Å². The van der Waals surface area contributed by atoms with Crippen molar-refractivity contribution in [2.24, 2.45) is 0 Å². The van der Waals surface area contributed by atoms with Crippen LogP contribution in [0.1, 0.15) is 24.5 Å². The van der Waals surface area contributed by atoms with Gasteiger partial charge in [-0.3, -0.25) is 4.31 Å². The molecule has 0 saturated heterocycles. The van der Waals surface area contributed by atoms with Crippen LogP contribution in [-0.2, 0) is 10.0 Å². The Hall–Kier alpha value is -1.07. The summed E-state index contributed by atoms with van der Waals surface area (Å²) in [6.45, 7) is 5.60. The minimum atomic E-state index is -3.35. The molecule has 1 aromatic rings. The Morgan fingerprint density at radius 1 is 1.28 bits per heavy atom. The normalized spacial score (nSPS) is 11.6. The van der Waals surface area contributed by atoms with Crippen LogP contribution in [0.2, 0.25) is 0 Å². The van der Waals surface area contributed by atoms with E-state index in [1.165, 1.54) is 4.31 Å². The number of aliphatic hydroxyl groups excluding tert-OH is 1. The zero-order valence-corrected chi connectivity index (χ0v) is 12.0. The minimum Gasteiger partial charge on any atom is -0.394 e. The fourth-order valence-electron chi connectivity index (χ4n) is 1.87. The Kier molecular flexibility index (Phi) is 5.16. The highest BCUT2D eigenvalue weighted by atomic mass is 32.2. The average molecular weight is 271 g/mol. The van der Waals surface area contributed by atoms with Gasteiger partial charge in [0.1, 0.15) is 0 Å². The van der Waals surface area contributed by atoms with Crippen molar-refractivity contribution >= 4 is 15.7 Å². The predicted octanol–water partition coefficient (Wildman–Crippen LogP) is 1.84. The van der Waals surface area contributed by atoms with Gasteiger partial charge in [-0.25, -0.2) is 8.42 Å². The lowest BCUT2D eigenvalue weighted by molar-refractivity contribution is 0.306. The number of hydrogen-bond donors (Lipinski definition) is 1. The van der Waals surface area contributed by atoms with Crippen molar-refractivity contribution < 1.29 is 13.5 Å². The minimum absolute atomic E-state index is 0.0976. The van der Waals surface area contributed by atoms with Crippen LogP contribution in [0.15, 0.2) is 18.2 Å². The lowest BCUT2D eigenvalue weighted by Gasteiger charge is -2.25. The molecule has 0 aliphatic carbocycles. The molecule has 0 spiro atoms. The van der Waals surface area contributed by atoms with Crippen LogP contribution < -0.4 is 4.31 Å². The van der Waals surface area contributed by atoms with E-state index in [1.54, 1.807) is 6.07 Å². The van der Waals surface area contributed by atoms with E-state index in [2.05, 4.69) is 0 Å². The highest BCUT2D eigenvalue weighted by molar-refractivity contribution is 7.92. The number of nitrogens with zero attached hydrogens (tertiary/aromatic N) is 1. The molecule has 0 heterocycles. The van der Waals surface area contributed by atoms with Gasteiger partial charge in [-0.05, 0) is 37.5 Å². The van der Waals surface area contributed by atoms with Gasteiger partial charge in [0.05, 0.1) is 24.6 Å². The van der Waals surface area contributed by atoms with Gasteiger partial charge in [-0.15, -0.1) is 0 Å². The molecule has 0 aliphatic rings. The van der Waals surface area contributed by atoms with Gasteiger partial charge in [0.25, 0.3) is 0 Å². The van der Waals surface area contributed by atoms with Gasteiger partial charge in [-0.2, -0.15) is 0 Å². The summed E-state index contributed by atoms with van der Waals surface area (Å²) >= 11 is 0. The van der Waals surface area contributed by atoms with E-state index in [0.29, 0.717) is 12.1 Å². The summed E-state index contributed by atoms with van der Waals surface area (Å²) in [5.74, 6) is 0.0976. The number of anilines is 1. The van der Waals surface area contributed by atoms with E-state index in [1.807, 2.05) is 32.9 Å². The van der Waals surface area contributed by atoms with Crippen molar-refractivity contribution in [1.82, 2.24) is 0 Å². The molecule has 5 heteroatoms. The van der Waals surface area contributed by atoms with Gasteiger partial charge in [0, 0.05) is 0 Å². The maximum atomic E-state index is 12.2. The van der Waals surface area contributed by atoms with Gasteiger partial charge >= 0.3 is 0 Å².